The highest BCUT2D eigenvalue weighted by Crippen LogP contribution is 2.31. The van der Waals surface area contributed by atoms with Crippen molar-refractivity contribution in [2.75, 3.05) is 5.32 Å². The second-order valence-corrected chi connectivity index (χ2v) is 6.54. The zero-order chi connectivity index (χ0) is 19.0. The van der Waals surface area contributed by atoms with E-state index in [0.717, 1.165) is 12.1 Å². The third-order valence-electron chi connectivity index (χ3n) is 3.83. The van der Waals surface area contributed by atoms with Crippen molar-refractivity contribution in [2.45, 2.75) is 6.42 Å². The number of carbonyl (C=O) groups excluding carboxylic acids is 1. The van der Waals surface area contributed by atoms with Gasteiger partial charge in [-0.25, -0.2) is 8.78 Å². The van der Waals surface area contributed by atoms with Crippen LogP contribution < -0.4 is 10.9 Å². The normalized spacial score (nSPS) is 11.0. The molecule has 2 N–H and O–H groups in total. The van der Waals surface area contributed by atoms with E-state index in [4.69, 9.17) is 4.52 Å². The molecule has 0 spiro atoms. The van der Waals surface area contributed by atoms with Crippen LogP contribution in [0.3, 0.4) is 0 Å². The molecule has 0 saturated heterocycles. The number of halogens is 2. The Bertz CT molecular complexity index is 1200. The van der Waals surface area contributed by atoms with Gasteiger partial charge in [-0.15, -0.1) is 11.3 Å². The van der Waals surface area contributed by atoms with E-state index >= 15 is 0 Å². The summed E-state index contributed by atoms with van der Waals surface area (Å²) >= 11 is 1.27. The third-order valence-corrected chi connectivity index (χ3v) is 4.66. The van der Waals surface area contributed by atoms with E-state index in [1.807, 2.05) is 0 Å². The zero-order valence-electron chi connectivity index (χ0n) is 13.5. The Morgan fingerprint density at radius 3 is 2.85 bits per heavy atom. The highest BCUT2D eigenvalue weighted by molar-refractivity contribution is 7.15. The zero-order valence-corrected chi connectivity index (χ0v) is 14.3. The number of thiophene rings is 1. The smallest absolute Gasteiger partial charge is 0.252 e. The number of H-pyrrole nitrogens is 1. The lowest BCUT2D eigenvalue weighted by atomic mass is 10.1. The van der Waals surface area contributed by atoms with Crippen LogP contribution in [-0.4, -0.2) is 21.0 Å². The molecule has 27 heavy (non-hydrogen) atoms. The average Bonchev–Trinajstić information content (AvgIpc) is 3.28. The molecule has 3 heterocycles. The quantitative estimate of drug-likeness (QED) is 0.559. The Balaban J connectivity index is 1.59. The molecule has 0 aliphatic heterocycles. The van der Waals surface area contributed by atoms with Crippen molar-refractivity contribution in [1.82, 2.24) is 15.1 Å². The van der Waals surface area contributed by atoms with E-state index in [2.05, 4.69) is 20.4 Å². The van der Waals surface area contributed by atoms with Gasteiger partial charge in [0.15, 0.2) is 11.6 Å². The molecular formula is C17H10F2N4O3S. The topological polar surface area (TPSA) is 101 Å². The number of amides is 1. The predicted molar refractivity (Wildman–Crippen MR) is 94.4 cm³/mol. The lowest BCUT2D eigenvalue weighted by molar-refractivity contribution is -0.115. The molecule has 136 valence electrons. The summed E-state index contributed by atoms with van der Waals surface area (Å²) in [6.07, 6.45) is 0.934. The standard InChI is InChI=1S/C17H10F2N4O3S/c18-11-4-8-3-9(16(25)21-13(8)6-12(11)19)5-14(24)22-17-10(1-2-27-17)15-20-7-26-23-15/h1-4,6-7H,5H2,(H,21,25)(H,22,24). The van der Waals surface area contributed by atoms with Crippen molar-refractivity contribution >= 4 is 33.1 Å². The van der Waals surface area contributed by atoms with Crippen LogP contribution in [0.5, 0.6) is 0 Å². The molecule has 7 nitrogen and oxygen atoms in total. The first-order valence-electron chi connectivity index (χ1n) is 7.66. The van der Waals surface area contributed by atoms with Crippen molar-refractivity contribution in [1.29, 1.82) is 0 Å². The lowest BCUT2D eigenvalue weighted by Gasteiger charge is -2.06. The Hall–Kier alpha value is -3.40. The first kappa shape index (κ1) is 17.0. The Labute approximate surface area is 153 Å². The molecule has 3 aromatic heterocycles. The fourth-order valence-electron chi connectivity index (χ4n) is 2.59. The fourth-order valence-corrected chi connectivity index (χ4v) is 3.39. The molecule has 0 aliphatic rings. The van der Waals surface area contributed by atoms with Crippen LogP contribution in [0.4, 0.5) is 13.8 Å². The summed E-state index contributed by atoms with van der Waals surface area (Å²) in [5, 5.41) is 8.97. The summed E-state index contributed by atoms with van der Waals surface area (Å²) in [5.41, 5.74) is 0.324. The van der Waals surface area contributed by atoms with Crippen LogP contribution in [0, 0.1) is 11.6 Å². The molecule has 4 aromatic rings. The molecule has 0 aliphatic carbocycles. The number of nitrogens with one attached hydrogen (secondary N) is 2. The maximum Gasteiger partial charge on any atom is 0.252 e. The van der Waals surface area contributed by atoms with Crippen molar-refractivity contribution < 1.29 is 18.1 Å². The summed E-state index contributed by atoms with van der Waals surface area (Å²) in [7, 11) is 0. The van der Waals surface area contributed by atoms with Gasteiger partial charge in [0, 0.05) is 17.0 Å². The fraction of sp³-hybridized carbons (Fsp3) is 0.0588. The van der Waals surface area contributed by atoms with Crippen LogP contribution in [0.1, 0.15) is 5.56 Å². The second-order valence-electron chi connectivity index (χ2n) is 5.62. The first-order chi connectivity index (χ1) is 13.0. The van der Waals surface area contributed by atoms with Crippen LogP contribution in [-0.2, 0) is 11.2 Å². The average molecular weight is 388 g/mol. The molecule has 0 unspecified atom stereocenters. The van der Waals surface area contributed by atoms with Crippen molar-refractivity contribution in [3.8, 4) is 11.4 Å². The van der Waals surface area contributed by atoms with Gasteiger partial charge in [-0.2, -0.15) is 4.98 Å². The third kappa shape index (κ3) is 3.34. The van der Waals surface area contributed by atoms with Gasteiger partial charge in [0.1, 0.15) is 5.00 Å². The molecule has 4 rings (SSSR count). The van der Waals surface area contributed by atoms with Gasteiger partial charge in [0.05, 0.1) is 17.5 Å². The van der Waals surface area contributed by atoms with E-state index in [1.165, 1.54) is 23.8 Å². The lowest BCUT2D eigenvalue weighted by Crippen LogP contribution is -2.21. The van der Waals surface area contributed by atoms with E-state index in [-0.39, 0.29) is 17.5 Å². The molecule has 0 radical (unpaired) electrons. The van der Waals surface area contributed by atoms with Gasteiger partial charge in [-0.05, 0) is 23.6 Å². The highest BCUT2D eigenvalue weighted by atomic mass is 32.1. The number of benzene rings is 1. The Kier molecular flexibility index (Phi) is 4.24. The number of nitrogens with zero attached hydrogens (tertiary/aromatic N) is 2. The molecule has 1 aromatic carbocycles. The van der Waals surface area contributed by atoms with E-state index in [0.29, 0.717) is 21.8 Å². The Morgan fingerprint density at radius 2 is 2.07 bits per heavy atom. The number of carbonyl (C=O) groups is 1. The summed E-state index contributed by atoms with van der Waals surface area (Å²) in [5.74, 6) is -2.22. The molecule has 1 amide bonds. The van der Waals surface area contributed by atoms with Gasteiger partial charge in [-0.3, -0.25) is 9.59 Å². The number of rotatable bonds is 4. The summed E-state index contributed by atoms with van der Waals surface area (Å²) in [4.78, 5) is 30.9. The number of hydrogen-bond donors (Lipinski definition) is 2. The van der Waals surface area contributed by atoms with E-state index in [9.17, 15) is 18.4 Å². The molecule has 0 fully saturated rings. The number of hydrogen-bond acceptors (Lipinski definition) is 6. The molecule has 10 heteroatoms. The van der Waals surface area contributed by atoms with Crippen LogP contribution in [0.15, 0.2) is 45.4 Å². The Morgan fingerprint density at radius 1 is 1.26 bits per heavy atom. The van der Waals surface area contributed by atoms with Gasteiger partial charge in [0.2, 0.25) is 18.1 Å². The van der Waals surface area contributed by atoms with E-state index < -0.39 is 23.1 Å². The van der Waals surface area contributed by atoms with Gasteiger partial charge in [-0.1, -0.05) is 5.16 Å². The number of aromatic amines is 1. The highest BCUT2D eigenvalue weighted by Gasteiger charge is 2.15. The van der Waals surface area contributed by atoms with Gasteiger partial charge < -0.3 is 14.8 Å². The monoisotopic (exact) mass is 388 g/mol. The summed E-state index contributed by atoms with van der Waals surface area (Å²) < 4.78 is 31.4. The maximum absolute atomic E-state index is 13.4. The summed E-state index contributed by atoms with van der Waals surface area (Å²) in [6.45, 7) is 0. The largest absolute Gasteiger partial charge is 0.342 e. The minimum absolute atomic E-state index is 0.128. The van der Waals surface area contributed by atoms with Gasteiger partial charge in [0.25, 0.3) is 5.56 Å². The number of fused-ring (bicyclic) bond motifs is 1. The van der Waals surface area contributed by atoms with E-state index in [1.54, 1.807) is 11.4 Å². The van der Waals surface area contributed by atoms with Crippen molar-refractivity contribution in [3.63, 3.8) is 0 Å². The number of aromatic nitrogens is 3. The maximum atomic E-state index is 13.4. The number of anilines is 1. The van der Waals surface area contributed by atoms with Crippen LogP contribution in [0.2, 0.25) is 0 Å². The first-order valence-corrected chi connectivity index (χ1v) is 8.54. The molecule has 0 bridgehead atoms. The van der Waals surface area contributed by atoms with Crippen molar-refractivity contribution in [2.24, 2.45) is 0 Å². The van der Waals surface area contributed by atoms with Gasteiger partial charge >= 0.3 is 0 Å². The minimum atomic E-state index is -1.06. The minimum Gasteiger partial charge on any atom is -0.342 e. The van der Waals surface area contributed by atoms with Crippen LogP contribution in [0.25, 0.3) is 22.3 Å². The van der Waals surface area contributed by atoms with Crippen LogP contribution >= 0.6 is 11.3 Å². The van der Waals surface area contributed by atoms with Crippen molar-refractivity contribution in [3.05, 3.63) is 63.6 Å². The number of pyridine rings is 1. The predicted octanol–water partition coefficient (Wildman–Crippen LogP) is 3.10. The molecule has 0 saturated carbocycles. The molecule has 0 atom stereocenters. The molecular weight excluding hydrogens is 378 g/mol. The SMILES string of the molecule is O=C(Cc1cc2cc(F)c(F)cc2[nH]c1=O)Nc1sccc1-c1ncon1. The second kappa shape index (κ2) is 6.72. The summed E-state index contributed by atoms with van der Waals surface area (Å²) in [6, 6.07) is 4.96.